The predicted molar refractivity (Wildman–Crippen MR) is 61.2 cm³/mol. The summed E-state index contributed by atoms with van der Waals surface area (Å²) in [5, 5.41) is 11.7. The summed E-state index contributed by atoms with van der Waals surface area (Å²) in [6.07, 6.45) is 4.24. The molecule has 0 bridgehead atoms. The second-order valence-electron chi connectivity index (χ2n) is 3.13. The zero-order chi connectivity index (χ0) is 11.1. The molecule has 0 aromatic carbocycles. The third kappa shape index (κ3) is 4.31. The van der Waals surface area contributed by atoms with Gasteiger partial charge in [0, 0.05) is 18.1 Å². The van der Waals surface area contributed by atoms with E-state index in [1.165, 1.54) is 0 Å². The van der Waals surface area contributed by atoms with Gasteiger partial charge in [-0.15, -0.1) is 0 Å². The smallest absolute Gasteiger partial charge is 0.321 e. The molecule has 5 heteroatoms. The van der Waals surface area contributed by atoms with Crippen molar-refractivity contribution < 1.29 is 9.90 Å². The highest BCUT2D eigenvalue weighted by molar-refractivity contribution is 7.80. The Balaban J connectivity index is 2.30. The molecule has 2 N–H and O–H groups in total. The van der Waals surface area contributed by atoms with Crippen LogP contribution >= 0.6 is 12.6 Å². The van der Waals surface area contributed by atoms with Crippen molar-refractivity contribution in [2.45, 2.75) is 12.5 Å². The van der Waals surface area contributed by atoms with Crippen LogP contribution in [0, 0.1) is 0 Å². The topological polar surface area (TPSA) is 62.2 Å². The summed E-state index contributed by atoms with van der Waals surface area (Å²) in [5.41, 5.74) is 1.14. The van der Waals surface area contributed by atoms with Crippen LogP contribution in [0.5, 0.6) is 0 Å². The number of pyridine rings is 1. The number of aromatic nitrogens is 1. The van der Waals surface area contributed by atoms with Gasteiger partial charge in [0.05, 0.1) is 0 Å². The Kier molecular flexibility index (Phi) is 5.14. The first-order chi connectivity index (χ1) is 7.24. The van der Waals surface area contributed by atoms with Crippen LogP contribution in [0.15, 0.2) is 24.5 Å². The van der Waals surface area contributed by atoms with Crippen molar-refractivity contribution in [2.75, 3.05) is 12.3 Å². The number of hydrogen-bond acceptors (Lipinski definition) is 4. The normalized spacial score (nSPS) is 12.3. The van der Waals surface area contributed by atoms with Crippen molar-refractivity contribution in [2.24, 2.45) is 0 Å². The molecular formula is C10H14N2O2S. The Morgan fingerprint density at radius 1 is 1.53 bits per heavy atom. The maximum atomic E-state index is 10.7. The van der Waals surface area contributed by atoms with Crippen LogP contribution in [0.25, 0.3) is 0 Å². The van der Waals surface area contributed by atoms with Gasteiger partial charge in [0.15, 0.2) is 0 Å². The van der Waals surface area contributed by atoms with E-state index in [2.05, 4.69) is 22.9 Å². The molecule has 0 aliphatic heterocycles. The zero-order valence-corrected chi connectivity index (χ0v) is 9.15. The van der Waals surface area contributed by atoms with Gasteiger partial charge in [-0.2, -0.15) is 12.6 Å². The van der Waals surface area contributed by atoms with Crippen molar-refractivity contribution >= 4 is 18.6 Å². The Labute approximate surface area is 94.1 Å². The summed E-state index contributed by atoms with van der Waals surface area (Å²) in [5.74, 6) is -0.564. The van der Waals surface area contributed by atoms with E-state index in [1.54, 1.807) is 12.4 Å². The first-order valence-electron chi connectivity index (χ1n) is 4.70. The van der Waals surface area contributed by atoms with Crippen molar-refractivity contribution in [1.29, 1.82) is 0 Å². The molecule has 0 radical (unpaired) electrons. The lowest BCUT2D eigenvalue weighted by Crippen LogP contribution is -2.39. The monoisotopic (exact) mass is 226 g/mol. The minimum atomic E-state index is -0.861. The van der Waals surface area contributed by atoms with Gasteiger partial charge in [-0.1, -0.05) is 0 Å². The van der Waals surface area contributed by atoms with Gasteiger partial charge in [0.1, 0.15) is 6.04 Å². The summed E-state index contributed by atoms with van der Waals surface area (Å²) in [6, 6.07) is 3.26. The van der Waals surface area contributed by atoms with E-state index in [9.17, 15) is 4.79 Å². The van der Waals surface area contributed by atoms with Crippen molar-refractivity contribution in [3.05, 3.63) is 30.1 Å². The number of carboxylic acid groups (broad SMARTS) is 1. The molecule has 0 saturated heterocycles. The Morgan fingerprint density at radius 2 is 2.20 bits per heavy atom. The summed E-state index contributed by atoms with van der Waals surface area (Å²) in [4.78, 5) is 14.6. The maximum absolute atomic E-state index is 10.7. The molecule has 1 atom stereocenters. The third-order valence-corrected chi connectivity index (χ3v) is 2.40. The average Bonchev–Trinajstić information content (AvgIpc) is 2.25. The molecule has 0 unspecified atom stereocenters. The van der Waals surface area contributed by atoms with Crippen LogP contribution in [0.3, 0.4) is 0 Å². The van der Waals surface area contributed by atoms with E-state index in [-0.39, 0.29) is 0 Å². The second kappa shape index (κ2) is 6.42. The molecule has 0 spiro atoms. The largest absolute Gasteiger partial charge is 0.480 e. The van der Waals surface area contributed by atoms with Crippen LogP contribution in [0.2, 0.25) is 0 Å². The molecule has 0 saturated carbocycles. The molecule has 0 aliphatic rings. The Morgan fingerprint density at radius 3 is 2.73 bits per heavy atom. The van der Waals surface area contributed by atoms with Crippen LogP contribution in [0.1, 0.15) is 5.56 Å². The van der Waals surface area contributed by atoms with Gasteiger partial charge in [-0.25, -0.2) is 0 Å². The molecule has 0 fully saturated rings. The van der Waals surface area contributed by atoms with Crippen LogP contribution in [-0.2, 0) is 11.2 Å². The quantitative estimate of drug-likeness (QED) is 0.622. The van der Waals surface area contributed by atoms with E-state index >= 15 is 0 Å². The summed E-state index contributed by atoms with van der Waals surface area (Å²) in [6.45, 7) is 0.627. The molecule has 1 aromatic heterocycles. The first kappa shape index (κ1) is 12.0. The molecule has 1 heterocycles. The second-order valence-corrected chi connectivity index (χ2v) is 3.50. The van der Waals surface area contributed by atoms with Gasteiger partial charge < -0.3 is 10.4 Å². The number of thiol groups is 1. The highest BCUT2D eigenvalue weighted by atomic mass is 32.1. The first-order valence-corrected chi connectivity index (χ1v) is 5.33. The fourth-order valence-corrected chi connectivity index (χ4v) is 1.46. The Bertz CT molecular complexity index is 306. The van der Waals surface area contributed by atoms with E-state index in [1.807, 2.05) is 12.1 Å². The van der Waals surface area contributed by atoms with Crippen LogP contribution < -0.4 is 5.32 Å². The van der Waals surface area contributed by atoms with E-state index < -0.39 is 12.0 Å². The van der Waals surface area contributed by atoms with Gasteiger partial charge in [0.25, 0.3) is 0 Å². The molecule has 0 aliphatic carbocycles. The van der Waals surface area contributed by atoms with Gasteiger partial charge >= 0.3 is 5.97 Å². The van der Waals surface area contributed by atoms with Crippen molar-refractivity contribution in [1.82, 2.24) is 10.3 Å². The lowest BCUT2D eigenvalue weighted by atomic mass is 10.2. The molecule has 82 valence electrons. The molecule has 0 amide bonds. The fraction of sp³-hybridized carbons (Fsp3) is 0.400. The number of nitrogens with one attached hydrogen (secondary N) is 1. The molecule has 15 heavy (non-hydrogen) atoms. The summed E-state index contributed by atoms with van der Waals surface area (Å²) >= 11 is 3.96. The predicted octanol–water partition coefficient (Wildman–Crippen LogP) is 0.597. The number of rotatable bonds is 6. The van der Waals surface area contributed by atoms with Gasteiger partial charge in [-0.05, 0) is 30.7 Å². The fourth-order valence-electron chi connectivity index (χ4n) is 1.17. The number of aliphatic carboxylic acids is 1. The summed E-state index contributed by atoms with van der Waals surface area (Å²) < 4.78 is 0. The van der Waals surface area contributed by atoms with Gasteiger partial charge in [0.2, 0.25) is 0 Å². The summed E-state index contributed by atoms with van der Waals surface area (Å²) in [7, 11) is 0. The molecule has 1 rings (SSSR count). The zero-order valence-electron chi connectivity index (χ0n) is 8.26. The average molecular weight is 226 g/mol. The van der Waals surface area contributed by atoms with E-state index in [4.69, 9.17) is 5.11 Å². The highest BCUT2D eigenvalue weighted by Crippen LogP contribution is 1.97. The number of nitrogens with zero attached hydrogens (tertiary/aromatic N) is 1. The number of hydrogen-bond donors (Lipinski definition) is 3. The van der Waals surface area contributed by atoms with Crippen molar-refractivity contribution in [3.63, 3.8) is 0 Å². The molecular weight excluding hydrogens is 212 g/mol. The molecule has 1 aromatic rings. The lowest BCUT2D eigenvalue weighted by molar-refractivity contribution is -0.138. The SMILES string of the molecule is O=C(O)[C@H](CS)NCCc1ccncc1. The molecule has 4 nitrogen and oxygen atoms in total. The van der Waals surface area contributed by atoms with Gasteiger partial charge in [-0.3, -0.25) is 9.78 Å². The Hall–Kier alpha value is -1.07. The highest BCUT2D eigenvalue weighted by Gasteiger charge is 2.13. The van der Waals surface area contributed by atoms with E-state index in [0.717, 1.165) is 12.0 Å². The minimum Gasteiger partial charge on any atom is -0.480 e. The van der Waals surface area contributed by atoms with Crippen molar-refractivity contribution in [3.8, 4) is 0 Å². The van der Waals surface area contributed by atoms with E-state index in [0.29, 0.717) is 12.3 Å². The third-order valence-electron chi connectivity index (χ3n) is 2.03. The maximum Gasteiger partial charge on any atom is 0.321 e. The number of carboxylic acids is 1. The van der Waals surface area contributed by atoms with Crippen LogP contribution in [0.4, 0.5) is 0 Å². The standard InChI is InChI=1S/C10H14N2O2S/c13-10(14)9(7-15)12-6-3-8-1-4-11-5-2-8/h1-2,4-5,9,12,15H,3,6-7H2,(H,13,14)/t9-/m0/s1. The lowest BCUT2D eigenvalue weighted by Gasteiger charge is -2.11. The minimum absolute atomic E-state index is 0.297. The number of carbonyl (C=O) groups is 1. The van der Waals surface area contributed by atoms with Crippen LogP contribution in [-0.4, -0.2) is 34.4 Å².